The van der Waals surface area contributed by atoms with Gasteiger partial charge in [-0.25, -0.2) is 4.79 Å². The number of aliphatic hydroxyl groups is 4. The highest BCUT2D eigenvalue weighted by atomic mass is 16.8. The van der Waals surface area contributed by atoms with E-state index >= 15 is 0 Å². The van der Waals surface area contributed by atoms with E-state index in [0.717, 1.165) is 11.1 Å². The Labute approximate surface area is 252 Å². The number of fused-ring (bicyclic) bond motifs is 4. The van der Waals surface area contributed by atoms with Gasteiger partial charge in [0.1, 0.15) is 54.4 Å². The number of hydrogen-bond donors (Lipinski definition) is 4. The third-order valence-electron chi connectivity index (χ3n) is 11.9. The molecule has 4 saturated heterocycles. The third-order valence-corrected chi connectivity index (χ3v) is 11.9. The zero-order chi connectivity index (χ0) is 31.1. The van der Waals surface area contributed by atoms with Crippen molar-refractivity contribution in [2.75, 3.05) is 13.2 Å². The molecule has 14 nitrogen and oxygen atoms in total. The van der Waals surface area contributed by atoms with Crippen LogP contribution in [-0.4, -0.2) is 123 Å². The molecule has 5 heterocycles. The predicted molar refractivity (Wildman–Crippen MR) is 140 cm³/mol. The van der Waals surface area contributed by atoms with Gasteiger partial charge in [0, 0.05) is 11.0 Å². The summed E-state index contributed by atoms with van der Waals surface area (Å²) in [5.41, 5.74) is -1.09. The highest BCUT2D eigenvalue weighted by Crippen LogP contribution is 2.83. The molecule has 0 aromatic carbocycles. The Morgan fingerprint density at radius 3 is 2.43 bits per heavy atom. The SMILES string of the molecule is CC(C)[C@]12O[C@H]1[C@@H]1O[C@]13[C@]1(O[C@H]1C[C@H]1C4=C(CC[C@@]13C)C(=O)OC4)[C@@H]2OC(=O)CCC(=O)O[C@@H]1OC(CO)[C@@H](O)[C@H](O)C1O. The number of ether oxygens (including phenoxy) is 7. The summed E-state index contributed by atoms with van der Waals surface area (Å²) in [4.78, 5) is 38.4. The molecule has 14 heteroatoms. The third kappa shape index (κ3) is 3.40. The number of aliphatic hydroxyl groups excluding tert-OH is 4. The van der Waals surface area contributed by atoms with Crippen LogP contribution in [0.4, 0.5) is 0 Å². The Morgan fingerprint density at radius 2 is 1.73 bits per heavy atom. The maximum atomic E-state index is 13.4. The molecule has 0 amide bonds. The summed E-state index contributed by atoms with van der Waals surface area (Å²) in [6.45, 7) is 5.81. The molecule has 4 N–H and O–H groups in total. The molecule has 8 aliphatic rings. The van der Waals surface area contributed by atoms with Gasteiger partial charge in [0.25, 0.3) is 0 Å². The Hall–Kier alpha value is -2.17. The summed E-state index contributed by atoms with van der Waals surface area (Å²) in [6.07, 6.45) is -8.33. The van der Waals surface area contributed by atoms with Crippen molar-refractivity contribution in [3.05, 3.63) is 11.1 Å². The highest BCUT2D eigenvalue weighted by Gasteiger charge is 3.01. The summed E-state index contributed by atoms with van der Waals surface area (Å²) in [5.74, 6) is -1.81. The van der Waals surface area contributed by atoms with Crippen molar-refractivity contribution in [3.63, 3.8) is 0 Å². The van der Waals surface area contributed by atoms with Crippen LogP contribution in [0.5, 0.6) is 0 Å². The number of esters is 3. The normalized spacial score (nSPS) is 52.4. The molecular weight excluding hydrogens is 584 g/mol. The molecule has 6 fully saturated rings. The average Bonchev–Trinajstić information content (AvgIpc) is 3.90. The average molecular weight is 623 g/mol. The number of carbonyl (C=O) groups excluding carboxylic acids is 3. The topological polar surface area (TPSA) is 207 Å². The molecule has 44 heavy (non-hydrogen) atoms. The summed E-state index contributed by atoms with van der Waals surface area (Å²) in [7, 11) is 0. The first kappa shape index (κ1) is 29.2. The van der Waals surface area contributed by atoms with Gasteiger partial charge in [-0.3, -0.25) is 9.59 Å². The zero-order valence-corrected chi connectivity index (χ0v) is 24.7. The Balaban J connectivity index is 1.00. The lowest BCUT2D eigenvalue weighted by Crippen LogP contribution is -2.70. The Bertz CT molecular complexity index is 1340. The number of cyclic esters (lactones) is 1. The fourth-order valence-electron chi connectivity index (χ4n) is 9.59. The second kappa shape index (κ2) is 9.22. The molecule has 0 radical (unpaired) electrons. The van der Waals surface area contributed by atoms with Crippen molar-refractivity contribution >= 4 is 17.9 Å². The molecule has 3 aliphatic carbocycles. The second-order valence-corrected chi connectivity index (χ2v) is 14.1. The molecule has 2 unspecified atom stereocenters. The van der Waals surface area contributed by atoms with Gasteiger partial charge < -0.3 is 53.6 Å². The van der Waals surface area contributed by atoms with E-state index in [4.69, 9.17) is 33.2 Å². The molecular formula is C30H38O14. The molecule has 0 aromatic rings. The van der Waals surface area contributed by atoms with Crippen molar-refractivity contribution < 1.29 is 68.0 Å². The van der Waals surface area contributed by atoms with E-state index in [-0.39, 0.29) is 49.1 Å². The van der Waals surface area contributed by atoms with Gasteiger partial charge >= 0.3 is 17.9 Å². The van der Waals surface area contributed by atoms with Crippen molar-refractivity contribution in [2.24, 2.45) is 17.3 Å². The van der Waals surface area contributed by atoms with Crippen molar-refractivity contribution in [2.45, 2.75) is 125 Å². The first-order valence-electron chi connectivity index (χ1n) is 15.5. The summed E-state index contributed by atoms with van der Waals surface area (Å²) >= 11 is 0. The maximum Gasteiger partial charge on any atom is 0.334 e. The van der Waals surface area contributed by atoms with E-state index < -0.39 is 84.0 Å². The molecule has 2 spiro atoms. The first-order valence-corrected chi connectivity index (χ1v) is 15.5. The molecule has 242 valence electrons. The standard InChI is InChI=1S/C30H38O14/c1-11(2)28-22(43-28)23-30(44-23)27(3)7-6-12-13(10-38-24(12)37)14(27)8-16-29(30,42-16)26(28)41-18(33)5-4-17(32)40-25-21(36)20(35)19(34)15(9-31)39-25/h11,14-16,19-23,25-26,31,34-36H,4-10H2,1-3H3/t14-,15?,16-,19+,20-,21?,22-,23-,25-,26+,27-,28-,29+,30+/m0/s1. The van der Waals surface area contributed by atoms with E-state index in [9.17, 15) is 34.8 Å². The van der Waals surface area contributed by atoms with Gasteiger partial charge in [0.05, 0.1) is 25.6 Å². The van der Waals surface area contributed by atoms with Crippen LogP contribution in [0.2, 0.25) is 0 Å². The van der Waals surface area contributed by atoms with Crippen LogP contribution in [-0.2, 0) is 47.5 Å². The van der Waals surface area contributed by atoms with E-state index in [1.165, 1.54) is 0 Å². The van der Waals surface area contributed by atoms with Crippen LogP contribution < -0.4 is 0 Å². The largest absolute Gasteiger partial charge is 0.458 e. The number of hydrogen-bond acceptors (Lipinski definition) is 14. The van der Waals surface area contributed by atoms with Gasteiger partial charge in [-0.1, -0.05) is 20.8 Å². The predicted octanol–water partition coefficient (Wildman–Crippen LogP) is -1.22. The first-order chi connectivity index (χ1) is 20.9. The van der Waals surface area contributed by atoms with Crippen molar-refractivity contribution in [1.29, 1.82) is 0 Å². The number of rotatable bonds is 7. The summed E-state index contributed by atoms with van der Waals surface area (Å²) < 4.78 is 41.6. The van der Waals surface area contributed by atoms with Gasteiger partial charge in [0.15, 0.2) is 11.7 Å². The lowest BCUT2D eigenvalue weighted by Gasteiger charge is -2.53. The summed E-state index contributed by atoms with van der Waals surface area (Å²) in [6, 6.07) is 0. The Kier molecular flexibility index (Phi) is 6.13. The zero-order valence-electron chi connectivity index (χ0n) is 24.7. The van der Waals surface area contributed by atoms with Crippen molar-refractivity contribution in [1.82, 2.24) is 0 Å². The molecule has 0 aromatic heterocycles. The smallest absolute Gasteiger partial charge is 0.334 e. The van der Waals surface area contributed by atoms with Gasteiger partial charge in [-0.05, 0) is 36.7 Å². The molecule has 8 rings (SSSR count). The quantitative estimate of drug-likeness (QED) is 0.149. The lowest BCUT2D eigenvalue weighted by molar-refractivity contribution is -0.292. The summed E-state index contributed by atoms with van der Waals surface area (Å²) in [5, 5.41) is 39.4. The molecule has 0 bridgehead atoms. The number of epoxide rings is 3. The van der Waals surface area contributed by atoms with Crippen LogP contribution >= 0.6 is 0 Å². The van der Waals surface area contributed by atoms with E-state index in [1.807, 2.05) is 13.8 Å². The fraction of sp³-hybridized carbons (Fsp3) is 0.833. The second-order valence-electron chi connectivity index (χ2n) is 14.1. The van der Waals surface area contributed by atoms with E-state index in [2.05, 4.69) is 6.92 Å². The van der Waals surface area contributed by atoms with E-state index in [0.29, 0.717) is 19.3 Å². The van der Waals surface area contributed by atoms with Gasteiger partial charge in [0.2, 0.25) is 6.29 Å². The van der Waals surface area contributed by atoms with Crippen molar-refractivity contribution in [3.8, 4) is 0 Å². The molecule has 2 saturated carbocycles. The molecule has 5 aliphatic heterocycles. The van der Waals surface area contributed by atoms with E-state index in [1.54, 1.807) is 0 Å². The number of carbonyl (C=O) groups is 3. The Morgan fingerprint density at radius 1 is 1.00 bits per heavy atom. The fourth-order valence-corrected chi connectivity index (χ4v) is 9.59. The highest BCUT2D eigenvalue weighted by molar-refractivity contribution is 5.92. The van der Waals surface area contributed by atoms with Crippen LogP contribution in [0.25, 0.3) is 0 Å². The van der Waals surface area contributed by atoms with Crippen LogP contribution in [0.1, 0.15) is 52.9 Å². The lowest BCUT2D eigenvalue weighted by atomic mass is 9.46. The molecule has 14 atom stereocenters. The van der Waals surface area contributed by atoms with Gasteiger partial charge in [-0.2, -0.15) is 0 Å². The van der Waals surface area contributed by atoms with Crippen LogP contribution in [0.15, 0.2) is 11.1 Å². The minimum Gasteiger partial charge on any atom is -0.458 e. The minimum atomic E-state index is -1.75. The monoisotopic (exact) mass is 622 g/mol. The van der Waals surface area contributed by atoms with Gasteiger partial charge in [-0.15, -0.1) is 0 Å². The minimum absolute atomic E-state index is 0.0298. The maximum absolute atomic E-state index is 13.4. The van der Waals surface area contributed by atoms with Crippen LogP contribution in [0, 0.1) is 17.3 Å². The van der Waals surface area contributed by atoms with Crippen LogP contribution in [0.3, 0.4) is 0 Å².